The van der Waals surface area contributed by atoms with Crippen LogP contribution in [0.1, 0.15) is 18.2 Å². The van der Waals surface area contributed by atoms with Crippen molar-refractivity contribution in [3.8, 4) is 11.3 Å². The van der Waals surface area contributed by atoms with Crippen LogP contribution in [0.4, 0.5) is 0 Å². The number of hydrogen-bond donors (Lipinski definition) is 0. The highest BCUT2D eigenvalue weighted by molar-refractivity contribution is 6.16. The maximum absolute atomic E-state index is 5.67. The highest BCUT2D eigenvalue weighted by Crippen LogP contribution is 2.24. The maximum atomic E-state index is 5.67. The fraction of sp³-hybridized carbons (Fsp3) is 0.250. The van der Waals surface area contributed by atoms with Crippen LogP contribution in [0.5, 0.6) is 0 Å². The summed E-state index contributed by atoms with van der Waals surface area (Å²) in [5.74, 6) is 1.07. The van der Waals surface area contributed by atoms with Gasteiger partial charge in [-0.1, -0.05) is 36.3 Å². The van der Waals surface area contributed by atoms with Crippen molar-refractivity contribution in [1.82, 2.24) is 5.16 Å². The molecule has 1 aromatic carbocycles. The van der Waals surface area contributed by atoms with Gasteiger partial charge in [-0.3, -0.25) is 0 Å². The molecule has 0 aliphatic heterocycles. The molecule has 0 spiro atoms. The van der Waals surface area contributed by atoms with E-state index in [1.54, 1.807) is 0 Å². The molecule has 1 heterocycles. The van der Waals surface area contributed by atoms with E-state index in [1.165, 1.54) is 5.56 Å². The first-order valence-corrected chi connectivity index (χ1v) is 5.48. The average Bonchev–Trinajstić information content (AvgIpc) is 2.77. The number of aryl methyl sites for hydroxylation is 1. The Balaban J connectivity index is 2.44. The molecular weight excluding hydrogens is 210 g/mol. The summed E-state index contributed by atoms with van der Waals surface area (Å²) in [6, 6.07) is 10.1. The van der Waals surface area contributed by atoms with Crippen LogP contribution in [0.3, 0.4) is 0 Å². The molecule has 3 heteroatoms. The normalized spacial score (nSPS) is 10.5. The monoisotopic (exact) mass is 221 g/mol. The van der Waals surface area contributed by atoms with Crippen molar-refractivity contribution in [1.29, 1.82) is 0 Å². The molecule has 78 valence electrons. The lowest BCUT2D eigenvalue weighted by atomic mass is 10.0. The number of halogens is 1. The van der Waals surface area contributed by atoms with Crippen LogP contribution in [-0.4, -0.2) is 5.16 Å². The third-order valence-electron chi connectivity index (χ3n) is 2.36. The highest BCUT2D eigenvalue weighted by Gasteiger charge is 2.08. The Morgan fingerprint density at radius 3 is 2.80 bits per heavy atom. The van der Waals surface area contributed by atoms with Gasteiger partial charge >= 0.3 is 0 Å². The molecule has 0 bridgehead atoms. The van der Waals surface area contributed by atoms with E-state index < -0.39 is 0 Å². The minimum atomic E-state index is 0.362. The number of alkyl halides is 1. The van der Waals surface area contributed by atoms with Gasteiger partial charge in [-0.25, -0.2) is 0 Å². The first-order valence-electron chi connectivity index (χ1n) is 4.95. The van der Waals surface area contributed by atoms with Gasteiger partial charge < -0.3 is 4.52 Å². The predicted molar refractivity (Wildman–Crippen MR) is 60.9 cm³/mol. The summed E-state index contributed by atoms with van der Waals surface area (Å²) in [7, 11) is 0. The second kappa shape index (κ2) is 4.49. The van der Waals surface area contributed by atoms with Crippen molar-refractivity contribution in [3.05, 3.63) is 41.7 Å². The van der Waals surface area contributed by atoms with E-state index in [0.29, 0.717) is 11.6 Å². The van der Waals surface area contributed by atoms with Gasteiger partial charge in [0.2, 0.25) is 0 Å². The average molecular weight is 222 g/mol. The molecule has 0 atom stereocenters. The molecule has 0 unspecified atom stereocenters. The number of nitrogens with zero attached hydrogens (tertiary/aromatic N) is 1. The standard InChI is InChI=1S/C12H12ClNO/c1-2-9-5-3-4-6-11(9)12-7-10(8-13)15-14-12/h3-7H,2,8H2,1H3. The van der Waals surface area contributed by atoms with E-state index in [-0.39, 0.29) is 0 Å². The fourth-order valence-electron chi connectivity index (χ4n) is 1.58. The van der Waals surface area contributed by atoms with Gasteiger partial charge in [0.1, 0.15) is 5.69 Å². The number of benzene rings is 1. The largest absolute Gasteiger partial charge is 0.359 e. The summed E-state index contributed by atoms with van der Waals surface area (Å²) in [5.41, 5.74) is 3.26. The van der Waals surface area contributed by atoms with Crippen LogP contribution in [-0.2, 0) is 12.3 Å². The summed E-state index contributed by atoms with van der Waals surface area (Å²) in [6.45, 7) is 2.13. The van der Waals surface area contributed by atoms with E-state index >= 15 is 0 Å². The van der Waals surface area contributed by atoms with Crippen LogP contribution in [0, 0.1) is 0 Å². The molecule has 0 saturated carbocycles. The lowest BCUT2D eigenvalue weighted by molar-refractivity contribution is 0.396. The zero-order valence-electron chi connectivity index (χ0n) is 8.53. The zero-order valence-corrected chi connectivity index (χ0v) is 9.29. The number of rotatable bonds is 3. The van der Waals surface area contributed by atoms with Crippen LogP contribution < -0.4 is 0 Å². The molecule has 0 aliphatic rings. The van der Waals surface area contributed by atoms with Crippen molar-refractivity contribution in [2.75, 3.05) is 0 Å². The van der Waals surface area contributed by atoms with E-state index in [9.17, 15) is 0 Å². The van der Waals surface area contributed by atoms with Crippen LogP contribution >= 0.6 is 11.6 Å². The van der Waals surface area contributed by atoms with Crippen molar-refractivity contribution < 1.29 is 4.52 Å². The molecule has 15 heavy (non-hydrogen) atoms. The molecule has 0 radical (unpaired) electrons. The second-order valence-corrected chi connectivity index (χ2v) is 3.59. The SMILES string of the molecule is CCc1ccccc1-c1cc(CCl)on1. The third kappa shape index (κ3) is 2.05. The highest BCUT2D eigenvalue weighted by atomic mass is 35.5. The smallest absolute Gasteiger partial charge is 0.152 e. The van der Waals surface area contributed by atoms with E-state index in [1.807, 2.05) is 18.2 Å². The number of hydrogen-bond acceptors (Lipinski definition) is 2. The van der Waals surface area contributed by atoms with Crippen LogP contribution in [0.25, 0.3) is 11.3 Å². The molecule has 0 amide bonds. The summed E-state index contributed by atoms with van der Waals surface area (Å²) in [6.07, 6.45) is 0.985. The van der Waals surface area contributed by atoms with Crippen molar-refractivity contribution in [3.63, 3.8) is 0 Å². The molecule has 0 saturated heterocycles. The van der Waals surface area contributed by atoms with E-state index in [4.69, 9.17) is 16.1 Å². The third-order valence-corrected chi connectivity index (χ3v) is 2.63. The predicted octanol–water partition coefficient (Wildman–Crippen LogP) is 3.64. The summed E-state index contributed by atoms with van der Waals surface area (Å²) in [5, 5.41) is 4.01. The van der Waals surface area contributed by atoms with Gasteiger partial charge in [-0.15, -0.1) is 11.6 Å². The van der Waals surface area contributed by atoms with E-state index in [0.717, 1.165) is 17.7 Å². The number of aromatic nitrogens is 1. The first kappa shape index (κ1) is 10.2. The Kier molecular flexibility index (Phi) is 3.07. The second-order valence-electron chi connectivity index (χ2n) is 3.32. The lowest BCUT2D eigenvalue weighted by Crippen LogP contribution is -1.86. The van der Waals surface area contributed by atoms with Crippen LogP contribution in [0.15, 0.2) is 34.9 Å². The van der Waals surface area contributed by atoms with Gasteiger partial charge in [0.05, 0.1) is 5.88 Å². The van der Waals surface area contributed by atoms with Gasteiger partial charge in [0.15, 0.2) is 5.76 Å². The molecule has 0 N–H and O–H groups in total. The fourth-order valence-corrected chi connectivity index (χ4v) is 1.71. The summed E-state index contributed by atoms with van der Waals surface area (Å²) < 4.78 is 5.09. The van der Waals surface area contributed by atoms with Gasteiger partial charge in [0, 0.05) is 11.6 Å². The van der Waals surface area contributed by atoms with Crippen molar-refractivity contribution in [2.45, 2.75) is 19.2 Å². The zero-order chi connectivity index (χ0) is 10.7. The Hall–Kier alpha value is -1.28. The molecule has 0 aliphatic carbocycles. The molecular formula is C12H12ClNO. The molecule has 1 aromatic heterocycles. The Morgan fingerprint density at radius 1 is 1.33 bits per heavy atom. The Labute approximate surface area is 93.9 Å². The van der Waals surface area contributed by atoms with Crippen molar-refractivity contribution in [2.24, 2.45) is 0 Å². The minimum Gasteiger partial charge on any atom is -0.359 e. The topological polar surface area (TPSA) is 26.0 Å². The van der Waals surface area contributed by atoms with Crippen LogP contribution in [0.2, 0.25) is 0 Å². The molecule has 0 fully saturated rings. The Bertz CT molecular complexity index is 450. The van der Waals surface area contributed by atoms with Gasteiger partial charge in [-0.05, 0) is 12.0 Å². The minimum absolute atomic E-state index is 0.362. The Morgan fingerprint density at radius 2 is 2.13 bits per heavy atom. The summed E-state index contributed by atoms with van der Waals surface area (Å²) in [4.78, 5) is 0. The van der Waals surface area contributed by atoms with Crippen molar-refractivity contribution >= 4 is 11.6 Å². The summed E-state index contributed by atoms with van der Waals surface area (Å²) >= 11 is 5.67. The maximum Gasteiger partial charge on any atom is 0.152 e. The first-order chi connectivity index (χ1) is 7.35. The van der Waals surface area contributed by atoms with Gasteiger partial charge in [0.25, 0.3) is 0 Å². The molecule has 2 aromatic rings. The van der Waals surface area contributed by atoms with Gasteiger partial charge in [-0.2, -0.15) is 0 Å². The molecule has 2 nitrogen and oxygen atoms in total. The lowest BCUT2D eigenvalue weighted by Gasteiger charge is -2.02. The molecule has 2 rings (SSSR count). The van der Waals surface area contributed by atoms with E-state index in [2.05, 4.69) is 24.2 Å². The quantitative estimate of drug-likeness (QED) is 0.740.